The van der Waals surface area contributed by atoms with Crippen molar-refractivity contribution in [2.75, 3.05) is 6.54 Å². The maximum absolute atomic E-state index is 11.9. The molecule has 5 heteroatoms. The van der Waals surface area contributed by atoms with Crippen LogP contribution in [0.2, 0.25) is 5.02 Å². The Morgan fingerprint density at radius 3 is 2.82 bits per heavy atom. The highest BCUT2D eigenvalue weighted by Crippen LogP contribution is 2.27. The molecule has 17 heavy (non-hydrogen) atoms. The number of hydrogen-bond acceptors (Lipinski definition) is 2. The van der Waals surface area contributed by atoms with Crippen molar-refractivity contribution in [3.8, 4) is 0 Å². The van der Waals surface area contributed by atoms with Crippen molar-refractivity contribution in [1.82, 2.24) is 10.3 Å². The topological polar surface area (TPSA) is 70.9 Å². The summed E-state index contributed by atoms with van der Waals surface area (Å²) in [6.07, 6.45) is 6.40. The van der Waals surface area contributed by atoms with Gasteiger partial charge < -0.3 is 16.0 Å². The molecule has 1 atom stereocenters. The second-order valence-corrected chi connectivity index (χ2v) is 5.03. The second-order valence-electron chi connectivity index (χ2n) is 4.59. The summed E-state index contributed by atoms with van der Waals surface area (Å²) in [5, 5.41) is 3.53. The third-order valence-electron chi connectivity index (χ3n) is 3.43. The van der Waals surface area contributed by atoms with Crippen LogP contribution in [0.25, 0.3) is 0 Å². The van der Waals surface area contributed by atoms with E-state index in [1.54, 1.807) is 12.3 Å². The van der Waals surface area contributed by atoms with E-state index >= 15 is 0 Å². The highest BCUT2D eigenvalue weighted by molar-refractivity contribution is 6.30. The predicted molar refractivity (Wildman–Crippen MR) is 68.1 cm³/mol. The molecule has 1 heterocycles. The van der Waals surface area contributed by atoms with Gasteiger partial charge in [-0.15, -0.1) is 0 Å². The fraction of sp³-hybridized carbons (Fsp3) is 0.583. The first kappa shape index (κ1) is 12.5. The average molecular weight is 256 g/mol. The van der Waals surface area contributed by atoms with Crippen molar-refractivity contribution >= 4 is 17.5 Å². The number of hydrogen-bond donors (Lipinski definition) is 3. The molecule has 0 bridgehead atoms. The van der Waals surface area contributed by atoms with Gasteiger partial charge in [0.05, 0.1) is 5.02 Å². The van der Waals surface area contributed by atoms with E-state index < -0.39 is 0 Å². The minimum atomic E-state index is -0.126. The minimum absolute atomic E-state index is 0.0760. The van der Waals surface area contributed by atoms with Gasteiger partial charge in [-0.25, -0.2) is 0 Å². The third kappa shape index (κ3) is 3.01. The van der Waals surface area contributed by atoms with E-state index in [9.17, 15) is 4.79 Å². The number of carbonyl (C=O) groups is 1. The highest BCUT2D eigenvalue weighted by atomic mass is 35.5. The maximum Gasteiger partial charge on any atom is 0.268 e. The van der Waals surface area contributed by atoms with E-state index in [1.807, 2.05) is 0 Å². The third-order valence-corrected chi connectivity index (χ3v) is 3.65. The van der Waals surface area contributed by atoms with E-state index in [1.165, 1.54) is 12.8 Å². The molecule has 1 unspecified atom stereocenters. The summed E-state index contributed by atoms with van der Waals surface area (Å²) in [5.74, 6) is 0.397. The molecule has 0 aliphatic heterocycles. The molecule has 2 rings (SSSR count). The van der Waals surface area contributed by atoms with Gasteiger partial charge in [0.1, 0.15) is 5.69 Å². The van der Waals surface area contributed by atoms with Gasteiger partial charge in [0, 0.05) is 18.8 Å². The Bertz CT molecular complexity index is 385. The minimum Gasteiger partial charge on any atom is -0.356 e. The van der Waals surface area contributed by atoms with E-state index in [0.29, 0.717) is 23.2 Å². The largest absolute Gasteiger partial charge is 0.356 e. The molecular weight excluding hydrogens is 238 g/mol. The first-order valence-electron chi connectivity index (χ1n) is 6.05. The standard InChI is InChI=1S/C12H18ClN3O/c13-9-5-10(15-7-9)12(17)16-11(6-14)8-3-1-2-4-8/h5,7-8,11,15H,1-4,6,14H2,(H,16,17). The van der Waals surface area contributed by atoms with Crippen molar-refractivity contribution in [2.45, 2.75) is 31.7 Å². The lowest BCUT2D eigenvalue weighted by Gasteiger charge is -2.22. The number of amides is 1. The Morgan fingerprint density at radius 1 is 1.59 bits per heavy atom. The predicted octanol–water partition coefficient (Wildman–Crippen LogP) is 1.92. The Hall–Kier alpha value is -1.00. The number of aromatic amines is 1. The molecule has 0 radical (unpaired) electrons. The van der Waals surface area contributed by atoms with Gasteiger partial charge in [0.25, 0.3) is 5.91 Å². The summed E-state index contributed by atoms with van der Waals surface area (Å²) >= 11 is 5.77. The van der Waals surface area contributed by atoms with Gasteiger partial charge in [-0.2, -0.15) is 0 Å². The molecule has 94 valence electrons. The van der Waals surface area contributed by atoms with Crippen molar-refractivity contribution in [2.24, 2.45) is 11.7 Å². The normalized spacial score (nSPS) is 18.2. The average Bonchev–Trinajstić information content (AvgIpc) is 2.96. The SMILES string of the molecule is NCC(NC(=O)c1cc(Cl)c[nH]1)C1CCCC1. The van der Waals surface area contributed by atoms with Crippen LogP contribution in [0.3, 0.4) is 0 Å². The molecule has 1 aromatic rings. The Kier molecular flexibility index (Phi) is 4.07. The summed E-state index contributed by atoms with van der Waals surface area (Å²) in [6, 6.07) is 1.70. The Labute approximate surface area is 106 Å². The van der Waals surface area contributed by atoms with Gasteiger partial charge >= 0.3 is 0 Å². The van der Waals surface area contributed by atoms with Gasteiger partial charge in [-0.05, 0) is 24.8 Å². The van der Waals surface area contributed by atoms with Gasteiger partial charge in [-0.1, -0.05) is 24.4 Å². The summed E-state index contributed by atoms with van der Waals surface area (Å²) in [5.41, 5.74) is 6.23. The van der Waals surface area contributed by atoms with Gasteiger partial charge in [-0.3, -0.25) is 4.79 Å². The number of halogens is 1. The summed E-state index contributed by atoms with van der Waals surface area (Å²) < 4.78 is 0. The molecule has 1 amide bonds. The zero-order chi connectivity index (χ0) is 12.3. The first-order chi connectivity index (χ1) is 8.20. The van der Waals surface area contributed by atoms with E-state index in [2.05, 4.69) is 10.3 Å². The fourth-order valence-electron chi connectivity index (χ4n) is 2.47. The lowest BCUT2D eigenvalue weighted by atomic mass is 9.98. The van der Waals surface area contributed by atoms with Crippen LogP contribution in [0.5, 0.6) is 0 Å². The zero-order valence-corrected chi connectivity index (χ0v) is 10.5. The number of nitrogens with one attached hydrogen (secondary N) is 2. The van der Waals surface area contributed by atoms with Crippen LogP contribution in [-0.2, 0) is 0 Å². The fourth-order valence-corrected chi connectivity index (χ4v) is 2.64. The number of rotatable bonds is 4. The van der Waals surface area contributed by atoms with Crippen LogP contribution in [0, 0.1) is 5.92 Å². The van der Waals surface area contributed by atoms with E-state index in [0.717, 1.165) is 12.8 Å². The van der Waals surface area contributed by atoms with Crippen molar-refractivity contribution in [1.29, 1.82) is 0 Å². The van der Waals surface area contributed by atoms with Gasteiger partial charge in [0.2, 0.25) is 0 Å². The number of H-pyrrole nitrogens is 1. The van der Waals surface area contributed by atoms with E-state index in [4.69, 9.17) is 17.3 Å². The lowest BCUT2D eigenvalue weighted by molar-refractivity contribution is 0.0919. The molecule has 0 aromatic carbocycles. The van der Waals surface area contributed by atoms with Crippen LogP contribution in [0.4, 0.5) is 0 Å². The molecular formula is C12H18ClN3O. The molecule has 0 saturated heterocycles. The first-order valence-corrected chi connectivity index (χ1v) is 6.43. The van der Waals surface area contributed by atoms with E-state index in [-0.39, 0.29) is 11.9 Å². The number of carbonyl (C=O) groups excluding carboxylic acids is 1. The zero-order valence-electron chi connectivity index (χ0n) is 9.71. The summed E-state index contributed by atoms with van der Waals surface area (Å²) in [7, 11) is 0. The Morgan fingerprint density at radius 2 is 2.29 bits per heavy atom. The second kappa shape index (κ2) is 5.56. The van der Waals surface area contributed by atoms with Crippen molar-refractivity contribution < 1.29 is 4.79 Å². The lowest BCUT2D eigenvalue weighted by Crippen LogP contribution is -2.44. The maximum atomic E-state index is 11.9. The van der Waals surface area contributed by atoms with Crippen LogP contribution in [-0.4, -0.2) is 23.5 Å². The number of nitrogens with two attached hydrogens (primary N) is 1. The highest BCUT2D eigenvalue weighted by Gasteiger charge is 2.25. The molecule has 1 saturated carbocycles. The van der Waals surface area contributed by atoms with Crippen molar-refractivity contribution in [3.63, 3.8) is 0 Å². The smallest absolute Gasteiger partial charge is 0.268 e. The quantitative estimate of drug-likeness (QED) is 0.769. The van der Waals surface area contributed by atoms with Crippen LogP contribution in [0.15, 0.2) is 12.3 Å². The van der Waals surface area contributed by atoms with Crippen LogP contribution >= 0.6 is 11.6 Å². The molecule has 0 spiro atoms. The molecule has 1 aromatic heterocycles. The molecule has 1 aliphatic carbocycles. The Balaban J connectivity index is 1.96. The molecule has 1 fully saturated rings. The van der Waals surface area contributed by atoms with Gasteiger partial charge in [0.15, 0.2) is 0 Å². The summed E-state index contributed by atoms with van der Waals surface area (Å²) in [6.45, 7) is 0.491. The number of aromatic nitrogens is 1. The molecule has 1 aliphatic rings. The van der Waals surface area contributed by atoms with Crippen molar-refractivity contribution in [3.05, 3.63) is 23.0 Å². The summed E-state index contributed by atoms with van der Waals surface area (Å²) in [4.78, 5) is 14.8. The molecule has 4 nitrogen and oxygen atoms in total. The molecule has 4 N–H and O–H groups in total. The van der Waals surface area contributed by atoms with Crippen LogP contribution in [0.1, 0.15) is 36.2 Å². The monoisotopic (exact) mass is 255 g/mol. The van der Waals surface area contributed by atoms with Crippen LogP contribution < -0.4 is 11.1 Å².